The number of anilines is 3. The van der Waals surface area contributed by atoms with E-state index in [-0.39, 0.29) is 20.9 Å². The van der Waals surface area contributed by atoms with Crippen LogP contribution in [0, 0.1) is 6.92 Å². The van der Waals surface area contributed by atoms with Crippen LogP contribution in [0.15, 0.2) is 133 Å². The van der Waals surface area contributed by atoms with Crippen molar-refractivity contribution in [3.63, 3.8) is 0 Å². The molecule has 0 amide bonds. The first kappa shape index (κ1) is 28.3. The number of hydrogen-bond acceptors (Lipinski definition) is 4. The van der Waals surface area contributed by atoms with Gasteiger partial charge in [-0.1, -0.05) is 0 Å². The molecule has 0 aliphatic carbocycles. The Hall–Kier alpha value is -5.22. The number of rotatable bonds is 5. The fourth-order valence-corrected chi connectivity index (χ4v) is 8.67. The average Bonchev–Trinajstić information content (AvgIpc) is 3.10. The van der Waals surface area contributed by atoms with Gasteiger partial charge in [0.2, 0.25) is 0 Å². The zero-order valence-corrected chi connectivity index (χ0v) is 27.2. The summed E-state index contributed by atoms with van der Waals surface area (Å²) in [6, 6.07) is 46.8. The van der Waals surface area contributed by atoms with Gasteiger partial charge in [0.05, 0.1) is 6.61 Å². The molecule has 2 heterocycles. The summed E-state index contributed by atoms with van der Waals surface area (Å²) in [7, 11) is 0. The maximum absolute atomic E-state index is 12.4. The third kappa shape index (κ3) is 4.76. The zero-order chi connectivity index (χ0) is 31.2. The van der Waals surface area contributed by atoms with Crippen LogP contribution in [0.5, 0.6) is 0 Å². The number of hydrogen-bond donors (Lipinski definition) is 0. The molecule has 0 radical (unpaired) electrons. The van der Waals surface area contributed by atoms with Gasteiger partial charge in [0, 0.05) is 0 Å². The van der Waals surface area contributed by atoms with E-state index in [1.54, 1.807) is 0 Å². The molecule has 0 fully saturated rings. The van der Waals surface area contributed by atoms with Gasteiger partial charge < -0.3 is 4.74 Å². The molecule has 6 aromatic carbocycles. The van der Waals surface area contributed by atoms with E-state index in [1.165, 1.54) is 36.6 Å². The van der Waals surface area contributed by atoms with Crippen LogP contribution in [0.2, 0.25) is 0 Å². The SMILES string of the molecule is CCOC(=O)c1ccc(-c2cc(-c3cccc4ccccc34)c3c(C)ccc(N4c5ccccc5[Se]c5ccccc54)c3n2)cc1. The number of benzene rings is 6. The number of aryl methyl sites for hydroxylation is 1. The van der Waals surface area contributed by atoms with Crippen molar-refractivity contribution in [1.29, 1.82) is 0 Å². The summed E-state index contributed by atoms with van der Waals surface area (Å²) in [5.74, 6) is -0.320. The minimum atomic E-state index is -0.320. The van der Waals surface area contributed by atoms with Crippen LogP contribution in [0.25, 0.3) is 44.1 Å². The summed E-state index contributed by atoms with van der Waals surface area (Å²) in [5.41, 5.74) is 10.2. The van der Waals surface area contributed by atoms with Crippen LogP contribution in [-0.2, 0) is 4.74 Å². The molecule has 7 aromatic rings. The second-order valence-electron chi connectivity index (χ2n) is 11.4. The fraction of sp³-hybridized carbons (Fsp3) is 0.0732. The number of fused-ring (bicyclic) bond motifs is 4. The van der Waals surface area contributed by atoms with Gasteiger partial charge >= 0.3 is 252 Å². The fourth-order valence-electron chi connectivity index (χ4n) is 6.45. The summed E-state index contributed by atoms with van der Waals surface area (Å²) in [6.07, 6.45) is 0. The summed E-state index contributed by atoms with van der Waals surface area (Å²) in [6.45, 7) is 4.34. The van der Waals surface area contributed by atoms with Crippen molar-refractivity contribution in [3.8, 4) is 22.4 Å². The Morgan fingerprint density at radius 3 is 2.13 bits per heavy atom. The molecule has 1 aliphatic rings. The van der Waals surface area contributed by atoms with E-state index >= 15 is 0 Å². The van der Waals surface area contributed by atoms with E-state index in [4.69, 9.17) is 9.72 Å². The van der Waals surface area contributed by atoms with Gasteiger partial charge in [-0.2, -0.15) is 0 Å². The van der Waals surface area contributed by atoms with Crippen molar-refractivity contribution >= 4 is 68.6 Å². The number of carbonyl (C=O) groups excluding carboxylic acids is 1. The summed E-state index contributed by atoms with van der Waals surface area (Å²) < 4.78 is 7.94. The van der Waals surface area contributed by atoms with Crippen molar-refractivity contribution in [2.45, 2.75) is 13.8 Å². The van der Waals surface area contributed by atoms with E-state index < -0.39 is 0 Å². The number of para-hydroxylation sites is 2. The van der Waals surface area contributed by atoms with Gasteiger partial charge in [-0.15, -0.1) is 0 Å². The first-order valence-electron chi connectivity index (χ1n) is 15.5. The third-order valence-corrected chi connectivity index (χ3v) is 11.0. The summed E-state index contributed by atoms with van der Waals surface area (Å²) in [5, 5.41) is 3.52. The molecule has 0 N–H and O–H groups in total. The third-order valence-electron chi connectivity index (χ3n) is 8.59. The molecule has 8 rings (SSSR count). The van der Waals surface area contributed by atoms with Crippen molar-refractivity contribution < 1.29 is 9.53 Å². The van der Waals surface area contributed by atoms with E-state index in [1.807, 2.05) is 31.2 Å². The number of nitrogens with zero attached hydrogens (tertiary/aromatic N) is 2. The number of pyridine rings is 1. The van der Waals surface area contributed by atoms with Crippen LogP contribution in [-0.4, -0.2) is 32.5 Å². The van der Waals surface area contributed by atoms with E-state index in [0.29, 0.717) is 12.2 Å². The molecule has 0 atom stereocenters. The Bertz CT molecular complexity index is 2240. The first-order chi connectivity index (χ1) is 22.6. The Kier molecular flexibility index (Phi) is 7.13. The van der Waals surface area contributed by atoms with Crippen LogP contribution >= 0.6 is 0 Å². The monoisotopic (exact) mass is 662 g/mol. The minimum absolute atomic E-state index is 0.206. The predicted octanol–water partition coefficient (Wildman–Crippen LogP) is 8.65. The van der Waals surface area contributed by atoms with Crippen LogP contribution in [0.1, 0.15) is 22.8 Å². The number of aromatic nitrogens is 1. The Morgan fingerprint density at radius 1 is 0.717 bits per heavy atom. The first-order valence-corrected chi connectivity index (χ1v) is 17.2. The number of carbonyl (C=O) groups is 1. The van der Waals surface area contributed by atoms with Gasteiger partial charge in [0.1, 0.15) is 0 Å². The second kappa shape index (κ2) is 11.6. The van der Waals surface area contributed by atoms with Crippen molar-refractivity contribution in [1.82, 2.24) is 4.98 Å². The summed E-state index contributed by atoms with van der Waals surface area (Å²) in [4.78, 5) is 20.3. The van der Waals surface area contributed by atoms with Crippen LogP contribution in [0.3, 0.4) is 0 Å². The predicted molar refractivity (Wildman–Crippen MR) is 191 cm³/mol. The van der Waals surface area contributed by atoms with Crippen LogP contribution < -0.4 is 13.8 Å². The van der Waals surface area contributed by atoms with Crippen molar-refractivity contribution in [2.24, 2.45) is 0 Å². The van der Waals surface area contributed by atoms with Gasteiger partial charge in [0.25, 0.3) is 0 Å². The number of ether oxygens (including phenoxy) is 1. The van der Waals surface area contributed by atoms with E-state index in [2.05, 4.69) is 121 Å². The molecule has 0 spiro atoms. The van der Waals surface area contributed by atoms with Gasteiger partial charge in [-0.05, 0) is 6.92 Å². The molecular weight excluding hydrogens is 631 g/mol. The average molecular weight is 662 g/mol. The topological polar surface area (TPSA) is 42.4 Å². The Morgan fingerprint density at radius 2 is 1.39 bits per heavy atom. The molecule has 1 aliphatic heterocycles. The maximum atomic E-state index is 12.4. The molecule has 46 heavy (non-hydrogen) atoms. The molecule has 0 saturated heterocycles. The second-order valence-corrected chi connectivity index (χ2v) is 13.7. The standard InChI is InChI=1S/C41H30N2O2Se/c1-3-45-41(44)29-22-20-28(21-23-29)33-25-32(31-14-10-12-27-11-4-5-13-30(27)31)39-26(2)19-24-36(40(39)42-33)43-34-15-6-8-17-37(34)46-38-18-9-7-16-35(38)43/h4-25H,3H2,1-2H3. The van der Waals surface area contributed by atoms with Crippen molar-refractivity contribution in [3.05, 3.63) is 145 Å². The quantitative estimate of drug-likeness (QED) is 0.137. The van der Waals surface area contributed by atoms with Gasteiger partial charge in [-0.25, -0.2) is 4.79 Å². The van der Waals surface area contributed by atoms with Crippen LogP contribution in [0.4, 0.5) is 17.1 Å². The number of esters is 1. The Labute approximate surface area is 274 Å². The molecular formula is C41H30N2O2Se. The Balaban J connectivity index is 1.44. The molecule has 5 heteroatoms. The van der Waals surface area contributed by atoms with Gasteiger partial charge in [-0.3, -0.25) is 0 Å². The van der Waals surface area contributed by atoms with Crippen molar-refractivity contribution in [2.75, 3.05) is 11.5 Å². The van der Waals surface area contributed by atoms with E-state index in [9.17, 15) is 4.79 Å². The molecule has 0 unspecified atom stereocenters. The van der Waals surface area contributed by atoms with E-state index in [0.717, 1.165) is 39.0 Å². The zero-order valence-electron chi connectivity index (χ0n) is 25.5. The normalized spacial score (nSPS) is 12.2. The molecule has 222 valence electrons. The molecule has 0 bridgehead atoms. The van der Waals surface area contributed by atoms with Gasteiger partial charge in [0.15, 0.2) is 0 Å². The molecule has 1 aromatic heterocycles. The summed E-state index contributed by atoms with van der Waals surface area (Å²) >= 11 is 0.206. The molecule has 0 saturated carbocycles. The molecule has 4 nitrogen and oxygen atoms in total.